The Hall–Kier alpha value is -2.24. The van der Waals surface area contributed by atoms with Crippen molar-refractivity contribution >= 4 is 11.2 Å². The van der Waals surface area contributed by atoms with Crippen molar-refractivity contribution in [2.24, 2.45) is 0 Å². The van der Waals surface area contributed by atoms with E-state index in [1.807, 2.05) is 18.3 Å². The maximum Gasteiger partial charge on any atom is 0.205 e. The lowest BCUT2D eigenvalue weighted by molar-refractivity contribution is 0.954. The van der Waals surface area contributed by atoms with E-state index in [-0.39, 0.29) is 0 Å². The number of aromatic amines is 2. The molecule has 3 aromatic heterocycles. The standard InChI is InChI=1S/C8H6N6/c1-2-5(9-3-1)6-7-8(11-4-10-6)13-14-12-7/h1-4,9H,(H,10,11,12,13,14). The van der Waals surface area contributed by atoms with Crippen molar-refractivity contribution in [3.8, 4) is 11.4 Å². The minimum absolute atomic E-state index is 0.574. The fourth-order valence-corrected chi connectivity index (χ4v) is 1.35. The molecule has 0 saturated heterocycles. The lowest BCUT2D eigenvalue weighted by Gasteiger charge is -1.95. The molecular formula is C8H6N6. The molecule has 3 rings (SSSR count). The van der Waals surface area contributed by atoms with Gasteiger partial charge in [0, 0.05) is 6.20 Å². The quantitative estimate of drug-likeness (QED) is 0.587. The first-order valence-corrected chi connectivity index (χ1v) is 4.10. The van der Waals surface area contributed by atoms with Gasteiger partial charge in [-0.3, -0.25) is 0 Å². The second-order valence-electron chi connectivity index (χ2n) is 2.80. The Morgan fingerprint density at radius 3 is 3.00 bits per heavy atom. The van der Waals surface area contributed by atoms with Crippen molar-refractivity contribution in [3.63, 3.8) is 0 Å². The van der Waals surface area contributed by atoms with Crippen LogP contribution in [0.5, 0.6) is 0 Å². The molecule has 0 radical (unpaired) electrons. The van der Waals surface area contributed by atoms with E-state index < -0.39 is 0 Å². The molecular weight excluding hydrogens is 180 g/mol. The van der Waals surface area contributed by atoms with E-state index in [0.29, 0.717) is 11.2 Å². The van der Waals surface area contributed by atoms with Gasteiger partial charge in [-0.15, -0.1) is 5.10 Å². The number of hydrogen-bond donors (Lipinski definition) is 2. The van der Waals surface area contributed by atoms with Crippen molar-refractivity contribution in [1.29, 1.82) is 0 Å². The zero-order chi connectivity index (χ0) is 9.38. The summed E-state index contributed by atoms with van der Waals surface area (Å²) in [5.41, 5.74) is 2.92. The Morgan fingerprint density at radius 1 is 1.14 bits per heavy atom. The maximum atomic E-state index is 4.16. The predicted octanol–water partition coefficient (Wildman–Crippen LogP) is 0.743. The molecule has 3 aromatic rings. The second-order valence-corrected chi connectivity index (χ2v) is 2.80. The summed E-state index contributed by atoms with van der Waals surface area (Å²) in [6.07, 6.45) is 3.31. The maximum absolute atomic E-state index is 4.16. The molecule has 0 bridgehead atoms. The molecule has 2 N–H and O–H groups in total. The summed E-state index contributed by atoms with van der Waals surface area (Å²) in [7, 11) is 0. The van der Waals surface area contributed by atoms with Crippen molar-refractivity contribution in [2.75, 3.05) is 0 Å². The number of fused-ring (bicyclic) bond motifs is 1. The van der Waals surface area contributed by atoms with Gasteiger partial charge < -0.3 is 4.98 Å². The van der Waals surface area contributed by atoms with Crippen LogP contribution in [0.4, 0.5) is 0 Å². The molecule has 0 saturated carbocycles. The van der Waals surface area contributed by atoms with Crippen LogP contribution in [0.15, 0.2) is 24.7 Å². The van der Waals surface area contributed by atoms with Crippen LogP contribution in [0, 0.1) is 0 Å². The van der Waals surface area contributed by atoms with Gasteiger partial charge in [-0.1, -0.05) is 0 Å². The summed E-state index contributed by atoms with van der Waals surface area (Å²) in [4.78, 5) is 11.2. The van der Waals surface area contributed by atoms with Crippen LogP contribution in [0.1, 0.15) is 0 Å². The smallest absolute Gasteiger partial charge is 0.205 e. The van der Waals surface area contributed by atoms with Crippen LogP contribution in [-0.2, 0) is 0 Å². The van der Waals surface area contributed by atoms with Gasteiger partial charge in [0.05, 0.1) is 5.69 Å². The molecule has 0 spiro atoms. The number of aromatic nitrogens is 6. The van der Waals surface area contributed by atoms with Gasteiger partial charge in [-0.05, 0) is 12.1 Å². The third-order valence-electron chi connectivity index (χ3n) is 1.97. The largest absolute Gasteiger partial charge is 0.360 e. The number of hydrogen-bond acceptors (Lipinski definition) is 4. The molecule has 68 valence electrons. The van der Waals surface area contributed by atoms with Crippen LogP contribution in [0.2, 0.25) is 0 Å². The van der Waals surface area contributed by atoms with E-state index in [9.17, 15) is 0 Å². The van der Waals surface area contributed by atoms with E-state index in [2.05, 4.69) is 30.4 Å². The molecule has 0 aliphatic rings. The highest BCUT2D eigenvalue weighted by molar-refractivity contribution is 5.84. The summed E-state index contributed by atoms with van der Waals surface area (Å²) >= 11 is 0. The van der Waals surface area contributed by atoms with Crippen LogP contribution in [0.3, 0.4) is 0 Å². The van der Waals surface area contributed by atoms with E-state index in [4.69, 9.17) is 0 Å². The molecule has 0 aliphatic carbocycles. The molecule has 6 nitrogen and oxygen atoms in total. The van der Waals surface area contributed by atoms with Gasteiger partial charge in [-0.25, -0.2) is 9.97 Å². The van der Waals surface area contributed by atoms with Gasteiger partial charge in [-0.2, -0.15) is 10.3 Å². The SMILES string of the molecule is c1c[nH]c(-c2ncnc3n[nH]nc23)c1. The average molecular weight is 186 g/mol. The summed E-state index contributed by atoms with van der Waals surface area (Å²) in [6, 6.07) is 3.83. The summed E-state index contributed by atoms with van der Waals surface area (Å²) in [5, 5.41) is 10.4. The van der Waals surface area contributed by atoms with Gasteiger partial charge in [0.2, 0.25) is 5.65 Å². The fourth-order valence-electron chi connectivity index (χ4n) is 1.35. The zero-order valence-corrected chi connectivity index (χ0v) is 7.10. The molecule has 0 amide bonds. The Labute approximate surface area is 78.4 Å². The molecule has 0 aliphatic heterocycles. The number of rotatable bonds is 1. The highest BCUT2D eigenvalue weighted by Crippen LogP contribution is 2.19. The number of nitrogens with zero attached hydrogens (tertiary/aromatic N) is 4. The van der Waals surface area contributed by atoms with Gasteiger partial charge in [0.25, 0.3) is 0 Å². The molecule has 0 unspecified atom stereocenters. The third-order valence-corrected chi connectivity index (χ3v) is 1.97. The molecule has 14 heavy (non-hydrogen) atoms. The first-order valence-electron chi connectivity index (χ1n) is 4.10. The first-order chi connectivity index (χ1) is 6.95. The van der Waals surface area contributed by atoms with Crippen molar-refractivity contribution in [2.45, 2.75) is 0 Å². The number of nitrogens with one attached hydrogen (secondary N) is 2. The minimum atomic E-state index is 0.574. The topological polar surface area (TPSA) is 83.1 Å². The molecule has 0 aromatic carbocycles. The summed E-state index contributed by atoms with van der Waals surface area (Å²) in [5.74, 6) is 0. The van der Waals surface area contributed by atoms with Crippen LogP contribution in [0.25, 0.3) is 22.6 Å². The monoisotopic (exact) mass is 186 g/mol. The summed E-state index contributed by atoms with van der Waals surface area (Å²) in [6.45, 7) is 0. The van der Waals surface area contributed by atoms with Crippen LogP contribution < -0.4 is 0 Å². The normalized spacial score (nSPS) is 10.9. The molecule has 6 heteroatoms. The van der Waals surface area contributed by atoms with E-state index in [1.165, 1.54) is 6.33 Å². The van der Waals surface area contributed by atoms with E-state index in [0.717, 1.165) is 11.4 Å². The average Bonchev–Trinajstić information content (AvgIpc) is 2.88. The number of H-pyrrole nitrogens is 2. The van der Waals surface area contributed by atoms with Gasteiger partial charge in [0.1, 0.15) is 12.0 Å². The molecule has 0 fully saturated rings. The van der Waals surface area contributed by atoms with Gasteiger partial charge in [0.15, 0.2) is 5.52 Å². The second kappa shape index (κ2) is 2.63. The lowest BCUT2D eigenvalue weighted by Crippen LogP contribution is -1.87. The highest BCUT2D eigenvalue weighted by atomic mass is 15.3. The van der Waals surface area contributed by atoms with Crippen molar-refractivity contribution in [3.05, 3.63) is 24.7 Å². The first kappa shape index (κ1) is 7.19. The van der Waals surface area contributed by atoms with Crippen LogP contribution >= 0.6 is 0 Å². The molecule has 0 atom stereocenters. The Balaban J connectivity index is 2.36. The molecule has 3 heterocycles. The Bertz CT molecular complexity index is 552. The fraction of sp³-hybridized carbons (Fsp3) is 0. The van der Waals surface area contributed by atoms with Gasteiger partial charge >= 0.3 is 0 Å². The van der Waals surface area contributed by atoms with Crippen molar-refractivity contribution < 1.29 is 0 Å². The minimum Gasteiger partial charge on any atom is -0.360 e. The summed E-state index contributed by atoms with van der Waals surface area (Å²) < 4.78 is 0. The lowest BCUT2D eigenvalue weighted by atomic mass is 10.3. The Morgan fingerprint density at radius 2 is 2.14 bits per heavy atom. The Kier molecular flexibility index (Phi) is 1.35. The van der Waals surface area contributed by atoms with Crippen molar-refractivity contribution in [1.82, 2.24) is 30.4 Å². The van der Waals surface area contributed by atoms with Crippen LogP contribution in [-0.4, -0.2) is 30.4 Å². The third kappa shape index (κ3) is 0.905. The highest BCUT2D eigenvalue weighted by Gasteiger charge is 2.09. The predicted molar refractivity (Wildman–Crippen MR) is 49.3 cm³/mol. The zero-order valence-electron chi connectivity index (χ0n) is 7.10. The van der Waals surface area contributed by atoms with E-state index in [1.54, 1.807) is 0 Å². The van der Waals surface area contributed by atoms with E-state index >= 15 is 0 Å².